The van der Waals surface area contributed by atoms with E-state index in [0.717, 1.165) is 0 Å². The zero-order valence-corrected chi connectivity index (χ0v) is 8.31. The van der Waals surface area contributed by atoms with Gasteiger partial charge in [0.15, 0.2) is 0 Å². The Morgan fingerprint density at radius 3 is 2.58 bits per heavy atom. The molecule has 1 nitrogen and oxygen atoms in total. The van der Waals surface area contributed by atoms with Crippen LogP contribution >= 0.6 is 0 Å². The lowest BCUT2D eigenvalue weighted by Gasteiger charge is -2.36. The molecule has 0 saturated carbocycles. The molecule has 0 aromatic carbocycles. The summed E-state index contributed by atoms with van der Waals surface area (Å²) < 4.78 is 0. The van der Waals surface area contributed by atoms with Gasteiger partial charge in [-0.2, -0.15) is 0 Å². The van der Waals surface area contributed by atoms with E-state index in [0.29, 0.717) is 5.54 Å². The minimum Gasteiger partial charge on any atom is -0.298 e. The lowest BCUT2D eigenvalue weighted by molar-refractivity contribution is 0.134. The first-order valence-electron chi connectivity index (χ1n) is 5.62. The molecule has 2 rings (SSSR count). The summed E-state index contributed by atoms with van der Waals surface area (Å²) >= 11 is 0. The Hall–Kier alpha value is -0.0400. The smallest absolute Gasteiger partial charge is 0.0207 e. The highest BCUT2D eigenvalue weighted by Crippen LogP contribution is 2.38. The molecule has 0 aromatic heterocycles. The Balaban J connectivity index is 2.11. The monoisotopic (exact) mass is 167 g/mol. The van der Waals surface area contributed by atoms with E-state index in [1.54, 1.807) is 0 Å². The maximum atomic E-state index is 2.78. The van der Waals surface area contributed by atoms with Crippen LogP contribution in [0.3, 0.4) is 0 Å². The van der Waals surface area contributed by atoms with Gasteiger partial charge in [0, 0.05) is 5.54 Å². The van der Waals surface area contributed by atoms with Gasteiger partial charge in [0.25, 0.3) is 0 Å². The molecule has 2 aliphatic rings. The van der Waals surface area contributed by atoms with Gasteiger partial charge in [0.1, 0.15) is 0 Å². The average molecular weight is 167 g/mol. The SMILES string of the molecule is CCC12CCCCCN1CCC2. The third-order valence-electron chi connectivity index (χ3n) is 3.97. The van der Waals surface area contributed by atoms with E-state index in [2.05, 4.69) is 11.8 Å². The number of fused-ring (bicyclic) bond motifs is 1. The first-order chi connectivity index (χ1) is 5.87. The largest absolute Gasteiger partial charge is 0.298 e. The summed E-state index contributed by atoms with van der Waals surface area (Å²) in [4.78, 5) is 2.78. The third-order valence-corrected chi connectivity index (χ3v) is 3.97. The van der Waals surface area contributed by atoms with Crippen LogP contribution in [0.25, 0.3) is 0 Å². The van der Waals surface area contributed by atoms with Gasteiger partial charge < -0.3 is 0 Å². The molecule has 1 heteroatoms. The summed E-state index contributed by atoms with van der Waals surface area (Å²) in [5.74, 6) is 0. The van der Waals surface area contributed by atoms with Crippen LogP contribution in [0.15, 0.2) is 0 Å². The van der Waals surface area contributed by atoms with Gasteiger partial charge in [-0.1, -0.05) is 19.8 Å². The lowest BCUT2D eigenvalue weighted by Crippen LogP contribution is -2.42. The van der Waals surface area contributed by atoms with E-state index in [9.17, 15) is 0 Å². The summed E-state index contributed by atoms with van der Waals surface area (Å²) in [6.45, 7) is 5.14. The number of nitrogens with zero attached hydrogens (tertiary/aromatic N) is 1. The average Bonchev–Trinajstić information content (AvgIpc) is 2.40. The maximum Gasteiger partial charge on any atom is 0.0207 e. The van der Waals surface area contributed by atoms with Crippen LogP contribution < -0.4 is 0 Å². The van der Waals surface area contributed by atoms with Gasteiger partial charge >= 0.3 is 0 Å². The zero-order valence-electron chi connectivity index (χ0n) is 8.31. The Morgan fingerprint density at radius 1 is 1.00 bits per heavy atom. The predicted molar refractivity (Wildman–Crippen MR) is 52.3 cm³/mol. The van der Waals surface area contributed by atoms with Crippen molar-refractivity contribution in [1.29, 1.82) is 0 Å². The number of hydrogen-bond acceptors (Lipinski definition) is 1. The third kappa shape index (κ3) is 1.28. The van der Waals surface area contributed by atoms with E-state index in [4.69, 9.17) is 0 Å². The lowest BCUT2D eigenvalue weighted by atomic mass is 9.88. The Kier molecular flexibility index (Phi) is 2.40. The minimum atomic E-state index is 0.649. The molecule has 0 aliphatic carbocycles. The van der Waals surface area contributed by atoms with Crippen molar-refractivity contribution in [1.82, 2.24) is 4.90 Å². The highest BCUT2D eigenvalue weighted by atomic mass is 15.2. The Labute approximate surface area is 76.1 Å². The topological polar surface area (TPSA) is 3.24 Å². The van der Waals surface area contributed by atoms with Crippen LogP contribution in [0, 0.1) is 0 Å². The highest BCUT2D eigenvalue weighted by Gasteiger charge is 2.39. The molecule has 0 bridgehead atoms. The van der Waals surface area contributed by atoms with Crippen molar-refractivity contribution in [2.24, 2.45) is 0 Å². The van der Waals surface area contributed by atoms with E-state index >= 15 is 0 Å². The molecule has 1 unspecified atom stereocenters. The second-order valence-corrected chi connectivity index (χ2v) is 4.48. The molecule has 0 N–H and O–H groups in total. The summed E-state index contributed by atoms with van der Waals surface area (Å²) in [5, 5.41) is 0. The van der Waals surface area contributed by atoms with E-state index < -0.39 is 0 Å². The fourth-order valence-electron chi connectivity index (χ4n) is 3.14. The maximum absolute atomic E-state index is 2.78. The van der Waals surface area contributed by atoms with Crippen molar-refractivity contribution in [2.45, 2.75) is 57.4 Å². The van der Waals surface area contributed by atoms with Crippen LogP contribution in [-0.4, -0.2) is 23.5 Å². The summed E-state index contributed by atoms with van der Waals surface area (Å²) in [5.41, 5.74) is 0.649. The van der Waals surface area contributed by atoms with Gasteiger partial charge in [-0.3, -0.25) is 4.90 Å². The first kappa shape index (κ1) is 8.55. The highest BCUT2D eigenvalue weighted by molar-refractivity contribution is 4.95. The summed E-state index contributed by atoms with van der Waals surface area (Å²) in [6.07, 6.45) is 10.2. The normalized spacial score (nSPS) is 37.8. The number of rotatable bonds is 1. The van der Waals surface area contributed by atoms with Gasteiger partial charge in [-0.25, -0.2) is 0 Å². The van der Waals surface area contributed by atoms with E-state index in [1.165, 1.54) is 58.0 Å². The van der Waals surface area contributed by atoms with Gasteiger partial charge in [0.05, 0.1) is 0 Å². The van der Waals surface area contributed by atoms with E-state index in [-0.39, 0.29) is 0 Å². The Bertz CT molecular complexity index is 155. The second kappa shape index (κ2) is 3.37. The van der Waals surface area contributed by atoms with Crippen molar-refractivity contribution < 1.29 is 0 Å². The molecule has 70 valence electrons. The second-order valence-electron chi connectivity index (χ2n) is 4.48. The minimum absolute atomic E-state index is 0.649. The standard InChI is InChI=1S/C11H21N/c1-2-11-7-4-3-5-9-12(11)10-6-8-11/h2-10H2,1H3. The van der Waals surface area contributed by atoms with Crippen molar-refractivity contribution in [3.63, 3.8) is 0 Å². The van der Waals surface area contributed by atoms with Gasteiger partial charge in [-0.15, -0.1) is 0 Å². The van der Waals surface area contributed by atoms with Gasteiger partial charge in [0.2, 0.25) is 0 Å². The van der Waals surface area contributed by atoms with Crippen LogP contribution in [0.5, 0.6) is 0 Å². The van der Waals surface area contributed by atoms with Crippen molar-refractivity contribution in [3.05, 3.63) is 0 Å². The fourth-order valence-corrected chi connectivity index (χ4v) is 3.14. The van der Waals surface area contributed by atoms with Gasteiger partial charge in [-0.05, 0) is 45.2 Å². The molecule has 2 saturated heterocycles. The molecule has 12 heavy (non-hydrogen) atoms. The molecule has 0 amide bonds. The van der Waals surface area contributed by atoms with Crippen LogP contribution in [0.2, 0.25) is 0 Å². The molecular weight excluding hydrogens is 146 g/mol. The van der Waals surface area contributed by atoms with Crippen LogP contribution in [-0.2, 0) is 0 Å². The Morgan fingerprint density at radius 2 is 1.75 bits per heavy atom. The number of hydrogen-bond donors (Lipinski definition) is 0. The molecule has 0 spiro atoms. The molecular formula is C11H21N. The predicted octanol–water partition coefficient (Wildman–Crippen LogP) is 2.81. The quantitative estimate of drug-likeness (QED) is 0.580. The van der Waals surface area contributed by atoms with Crippen molar-refractivity contribution >= 4 is 0 Å². The van der Waals surface area contributed by atoms with E-state index in [1.807, 2.05) is 0 Å². The molecule has 2 aliphatic heterocycles. The fraction of sp³-hybridized carbons (Fsp3) is 1.00. The molecule has 0 radical (unpaired) electrons. The first-order valence-corrected chi connectivity index (χ1v) is 5.62. The summed E-state index contributed by atoms with van der Waals surface area (Å²) in [6, 6.07) is 0. The zero-order chi connectivity index (χ0) is 8.44. The summed E-state index contributed by atoms with van der Waals surface area (Å²) in [7, 11) is 0. The molecule has 0 aromatic rings. The van der Waals surface area contributed by atoms with Crippen molar-refractivity contribution in [2.75, 3.05) is 13.1 Å². The molecule has 2 heterocycles. The molecule has 1 atom stereocenters. The van der Waals surface area contributed by atoms with Crippen LogP contribution in [0.4, 0.5) is 0 Å². The van der Waals surface area contributed by atoms with Crippen LogP contribution in [0.1, 0.15) is 51.9 Å². The van der Waals surface area contributed by atoms with Crippen molar-refractivity contribution in [3.8, 4) is 0 Å². The molecule has 2 fully saturated rings.